The van der Waals surface area contributed by atoms with Gasteiger partial charge in [-0.15, -0.1) is 0 Å². The number of hydrogen-bond donors (Lipinski definition) is 1. The van der Waals surface area contributed by atoms with Gasteiger partial charge in [-0.3, -0.25) is 4.79 Å². The van der Waals surface area contributed by atoms with Crippen molar-refractivity contribution in [3.8, 4) is 0 Å². The van der Waals surface area contributed by atoms with Gasteiger partial charge in [-0.1, -0.05) is 27.2 Å². The molecule has 0 rings (SSSR count). The molecule has 4 nitrogen and oxygen atoms in total. The zero-order valence-electron chi connectivity index (χ0n) is 13.0. The molecular formula is C15H32N2O2. The number of nitrogens with zero attached hydrogens (tertiary/aromatic N) is 2. The first kappa shape index (κ1) is 18.4. The van der Waals surface area contributed by atoms with Crippen molar-refractivity contribution < 1.29 is 9.90 Å². The van der Waals surface area contributed by atoms with Crippen molar-refractivity contribution in [2.45, 2.75) is 52.9 Å². The SMILES string of the molecule is CCN(CC)CCCN(CC)CCCCCC(=O)O. The van der Waals surface area contributed by atoms with E-state index in [1.807, 2.05) is 0 Å². The summed E-state index contributed by atoms with van der Waals surface area (Å²) in [6, 6.07) is 0. The summed E-state index contributed by atoms with van der Waals surface area (Å²) in [5, 5.41) is 8.57. The lowest BCUT2D eigenvalue weighted by atomic mass is 10.2. The molecule has 0 unspecified atom stereocenters. The van der Waals surface area contributed by atoms with Gasteiger partial charge in [0.05, 0.1) is 0 Å². The van der Waals surface area contributed by atoms with Crippen molar-refractivity contribution in [2.24, 2.45) is 0 Å². The molecule has 0 aromatic carbocycles. The van der Waals surface area contributed by atoms with E-state index in [0.29, 0.717) is 6.42 Å². The Morgan fingerprint density at radius 1 is 0.789 bits per heavy atom. The molecule has 0 saturated heterocycles. The van der Waals surface area contributed by atoms with E-state index >= 15 is 0 Å². The molecule has 0 aliphatic carbocycles. The van der Waals surface area contributed by atoms with Crippen LogP contribution in [0, 0.1) is 0 Å². The van der Waals surface area contributed by atoms with Crippen LogP contribution in [0.1, 0.15) is 52.9 Å². The third-order valence-corrected chi connectivity index (χ3v) is 3.66. The lowest BCUT2D eigenvalue weighted by molar-refractivity contribution is -0.137. The van der Waals surface area contributed by atoms with Crippen LogP contribution in [0.15, 0.2) is 0 Å². The van der Waals surface area contributed by atoms with Crippen molar-refractivity contribution in [3.05, 3.63) is 0 Å². The maximum Gasteiger partial charge on any atom is 0.303 e. The number of rotatable bonds is 13. The van der Waals surface area contributed by atoms with Gasteiger partial charge < -0.3 is 14.9 Å². The second-order valence-corrected chi connectivity index (χ2v) is 5.02. The first-order valence-corrected chi connectivity index (χ1v) is 7.80. The molecule has 0 aliphatic heterocycles. The summed E-state index contributed by atoms with van der Waals surface area (Å²) in [6.45, 7) is 13.4. The van der Waals surface area contributed by atoms with Crippen LogP contribution in [0.5, 0.6) is 0 Å². The Labute approximate surface area is 118 Å². The van der Waals surface area contributed by atoms with Gasteiger partial charge in [-0.05, 0) is 58.5 Å². The Kier molecular flexibility index (Phi) is 12.0. The minimum absolute atomic E-state index is 0.314. The van der Waals surface area contributed by atoms with E-state index in [2.05, 4.69) is 30.6 Å². The molecule has 0 heterocycles. The second-order valence-electron chi connectivity index (χ2n) is 5.02. The molecule has 4 heteroatoms. The van der Waals surface area contributed by atoms with E-state index in [1.54, 1.807) is 0 Å². The molecule has 0 saturated carbocycles. The zero-order valence-corrected chi connectivity index (χ0v) is 13.0. The predicted molar refractivity (Wildman–Crippen MR) is 80.6 cm³/mol. The molecule has 1 N–H and O–H groups in total. The minimum atomic E-state index is -0.674. The van der Waals surface area contributed by atoms with Gasteiger partial charge in [0.15, 0.2) is 0 Å². The van der Waals surface area contributed by atoms with Crippen molar-refractivity contribution in [3.63, 3.8) is 0 Å². The van der Waals surface area contributed by atoms with Gasteiger partial charge in [0.1, 0.15) is 0 Å². The number of aliphatic carboxylic acids is 1. The van der Waals surface area contributed by atoms with Gasteiger partial charge in [0.2, 0.25) is 0 Å². The van der Waals surface area contributed by atoms with Crippen LogP contribution in [-0.4, -0.2) is 60.1 Å². The van der Waals surface area contributed by atoms with Crippen molar-refractivity contribution in [1.29, 1.82) is 0 Å². The number of carboxylic acid groups (broad SMARTS) is 1. The third-order valence-electron chi connectivity index (χ3n) is 3.66. The molecular weight excluding hydrogens is 240 g/mol. The van der Waals surface area contributed by atoms with Crippen LogP contribution in [0.3, 0.4) is 0 Å². The summed E-state index contributed by atoms with van der Waals surface area (Å²) in [7, 11) is 0. The van der Waals surface area contributed by atoms with Crippen LogP contribution in [0.4, 0.5) is 0 Å². The highest BCUT2D eigenvalue weighted by Crippen LogP contribution is 2.03. The fourth-order valence-electron chi connectivity index (χ4n) is 2.27. The van der Waals surface area contributed by atoms with Gasteiger partial charge in [0.25, 0.3) is 0 Å². The minimum Gasteiger partial charge on any atom is -0.481 e. The molecule has 0 aromatic rings. The standard InChI is InChI=1S/C15H32N2O2/c1-4-16(5-2)13-10-14-17(6-3)12-9-7-8-11-15(18)19/h4-14H2,1-3H3,(H,18,19). The Bertz CT molecular complexity index is 218. The second kappa shape index (κ2) is 12.4. The van der Waals surface area contributed by atoms with E-state index in [0.717, 1.165) is 52.0 Å². The molecule has 0 spiro atoms. The highest BCUT2D eigenvalue weighted by Gasteiger charge is 2.04. The van der Waals surface area contributed by atoms with Gasteiger partial charge in [-0.25, -0.2) is 0 Å². The summed E-state index contributed by atoms with van der Waals surface area (Å²) in [4.78, 5) is 15.3. The van der Waals surface area contributed by atoms with E-state index < -0.39 is 5.97 Å². The third kappa shape index (κ3) is 11.0. The molecule has 0 aliphatic rings. The topological polar surface area (TPSA) is 43.8 Å². The summed E-state index contributed by atoms with van der Waals surface area (Å²) in [5.74, 6) is -0.674. The monoisotopic (exact) mass is 272 g/mol. The maximum atomic E-state index is 10.4. The van der Waals surface area contributed by atoms with Gasteiger partial charge in [-0.2, -0.15) is 0 Å². The normalized spacial score (nSPS) is 11.4. The Morgan fingerprint density at radius 3 is 1.84 bits per heavy atom. The molecule has 0 radical (unpaired) electrons. The highest BCUT2D eigenvalue weighted by atomic mass is 16.4. The number of carbonyl (C=O) groups is 1. The summed E-state index contributed by atoms with van der Waals surface area (Å²) >= 11 is 0. The van der Waals surface area contributed by atoms with Gasteiger partial charge >= 0.3 is 5.97 Å². The molecule has 0 fully saturated rings. The molecule has 0 amide bonds. The van der Waals surface area contributed by atoms with Crippen LogP contribution in [0.2, 0.25) is 0 Å². The molecule has 0 atom stereocenters. The highest BCUT2D eigenvalue weighted by molar-refractivity contribution is 5.66. The summed E-state index contributed by atoms with van der Waals surface area (Å²) < 4.78 is 0. The quantitative estimate of drug-likeness (QED) is 0.524. The Morgan fingerprint density at radius 2 is 1.32 bits per heavy atom. The van der Waals surface area contributed by atoms with Crippen LogP contribution in [0.25, 0.3) is 0 Å². The van der Waals surface area contributed by atoms with Crippen LogP contribution in [-0.2, 0) is 4.79 Å². The average Bonchev–Trinajstić information content (AvgIpc) is 2.40. The van der Waals surface area contributed by atoms with Gasteiger partial charge in [0, 0.05) is 6.42 Å². The molecule has 114 valence electrons. The van der Waals surface area contributed by atoms with Crippen molar-refractivity contribution in [2.75, 3.05) is 39.3 Å². The molecule has 19 heavy (non-hydrogen) atoms. The van der Waals surface area contributed by atoms with E-state index in [4.69, 9.17) is 5.11 Å². The average molecular weight is 272 g/mol. The summed E-state index contributed by atoms with van der Waals surface area (Å²) in [5.41, 5.74) is 0. The first-order chi connectivity index (χ1) is 9.13. The fraction of sp³-hybridized carbons (Fsp3) is 0.933. The zero-order chi connectivity index (χ0) is 14.5. The van der Waals surface area contributed by atoms with Crippen molar-refractivity contribution in [1.82, 2.24) is 9.80 Å². The van der Waals surface area contributed by atoms with E-state index in [9.17, 15) is 4.79 Å². The Hall–Kier alpha value is -0.610. The van der Waals surface area contributed by atoms with E-state index in [-0.39, 0.29) is 0 Å². The van der Waals surface area contributed by atoms with Crippen LogP contribution < -0.4 is 0 Å². The molecule has 0 aromatic heterocycles. The number of unbranched alkanes of at least 4 members (excludes halogenated alkanes) is 2. The van der Waals surface area contributed by atoms with Crippen LogP contribution >= 0.6 is 0 Å². The van der Waals surface area contributed by atoms with E-state index in [1.165, 1.54) is 13.0 Å². The maximum absolute atomic E-state index is 10.4. The number of carboxylic acids is 1. The number of hydrogen-bond acceptors (Lipinski definition) is 3. The lowest BCUT2D eigenvalue weighted by Gasteiger charge is -2.23. The first-order valence-electron chi connectivity index (χ1n) is 7.80. The van der Waals surface area contributed by atoms with Crippen molar-refractivity contribution >= 4 is 5.97 Å². The predicted octanol–water partition coefficient (Wildman–Crippen LogP) is 2.69. The summed E-state index contributed by atoms with van der Waals surface area (Å²) in [6.07, 6.45) is 4.50. The Balaban J connectivity index is 3.57. The largest absolute Gasteiger partial charge is 0.481 e. The molecule has 0 bridgehead atoms. The fourth-order valence-corrected chi connectivity index (χ4v) is 2.27. The smallest absolute Gasteiger partial charge is 0.303 e. The lowest BCUT2D eigenvalue weighted by Crippen LogP contribution is -2.30.